The number of piperidine rings is 1. The maximum atomic E-state index is 12.9. The molecule has 43 heavy (non-hydrogen) atoms. The summed E-state index contributed by atoms with van der Waals surface area (Å²) < 4.78 is 36.1. The van der Waals surface area contributed by atoms with Crippen LogP contribution in [0.3, 0.4) is 0 Å². The molecule has 0 spiro atoms. The van der Waals surface area contributed by atoms with Crippen molar-refractivity contribution in [1.29, 1.82) is 0 Å². The van der Waals surface area contributed by atoms with Gasteiger partial charge in [-0.3, -0.25) is 14.6 Å². The number of benzene rings is 2. The van der Waals surface area contributed by atoms with E-state index in [0.717, 1.165) is 67.1 Å². The molecule has 0 bridgehead atoms. The van der Waals surface area contributed by atoms with Crippen molar-refractivity contribution in [3.63, 3.8) is 0 Å². The molecule has 0 unspecified atom stereocenters. The topological polar surface area (TPSA) is 78.1 Å². The molecule has 228 valence electrons. The van der Waals surface area contributed by atoms with E-state index in [1.54, 1.807) is 24.5 Å². The van der Waals surface area contributed by atoms with Crippen LogP contribution in [0.5, 0.6) is 0 Å². The molecule has 4 aromatic rings. The highest BCUT2D eigenvalue weighted by atomic mass is 19.4. The van der Waals surface area contributed by atoms with Crippen molar-refractivity contribution in [2.75, 3.05) is 13.1 Å². The zero-order chi connectivity index (χ0) is 31.0. The second kappa shape index (κ2) is 14.4. The van der Waals surface area contributed by atoms with E-state index in [0.29, 0.717) is 24.2 Å². The second-order valence-electron chi connectivity index (χ2n) is 10.8. The Hall–Kier alpha value is -4.14. The Bertz CT molecular complexity index is 1510. The molecule has 6 nitrogen and oxygen atoms in total. The number of carbonyl (C=O) groups excluding carboxylic acids is 2. The zero-order valence-electron chi connectivity index (χ0n) is 24.9. The molecule has 2 aromatic carbocycles. The molecule has 2 aromatic heterocycles. The monoisotopic (exact) mass is 592 g/mol. The molecule has 5 rings (SSSR count). The highest BCUT2D eigenvalue weighted by Gasteiger charge is 2.30. The van der Waals surface area contributed by atoms with Gasteiger partial charge in [0.15, 0.2) is 0 Å². The average Bonchev–Trinajstić information content (AvgIpc) is 3.38. The summed E-state index contributed by atoms with van der Waals surface area (Å²) in [6.45, 7) is 7.52. The van der Waals surface area contributed by atoms with Gasteiger partial charge in [0, 0.05) is 53.7 Å². The molecule has 0 saturated carbocycles. The van der Waals surface area contributed by atoms with Crippen LogP contribution >= 0.6 is 0 Å². The lowest BCUT2D eigenvalue weighted by Crippen LogP contribution is -2.46. The first-order valence-electron chi connectivity index (χ1n) is 14.9. The van der Waals surface area contributed by atoms with Gasteiger partial charge < -0.3 is 15.2 Å². The van der Waals surface area contributed by atoms with Crippen LogP contribution in [0.15, 0.2) is 67.0 Å². The number of aryl methyl sites for hydroxylation is 3. The Morgan fingerprint density at radius 2 is 1.70 bits per heavy atom. The smallest absolute Gasteiger partial charge is 0.358 e. The molecule has 1 aliphatic heterocycles. The van der Waals surface area contributed by atoms with Crippen LogP contribution in [0.1, 0.15) is 83.1 Å². The van der Waals surface area contributed by atoms with Gasteiger partial charge in [-0.05, 0) is 85.7 Å². The van der Waals surface area contributed by atoms with Crippen LogP contribution in [0.4, 0.5) is 13.2 Å². The molecule has 2 amide bonds. The number of H-pyrrole nitrogens is 1. The molecular weight excluding hydrogens is 553 g/mol. The van der Waals surface area contributed by atoms with E-state index >= 15 is 0 Å². The standard InChI is InChI=1S/C25H30N4O2.C9H9F3/c1-3-6-22-20(4-2)21-15-17(8-9-23(21)28-22)24(30)27-19-10-13-29(14-11-19)25(31)18-7-5-12-26-16-18;1-2-7-3-5-8(6-4-7)9(10,11)12/h5,7-9,12,15-16,19,28H,3-4,6,10-11,13-14H2,1-2H3,(H,27,30);3-6H,2H2,1H3. The number of halogens is 3. The van der Waals surface area contributed by atoms with E-state index in [1.165, 1.54) is 23.4 Å². The fourth-order valence-corrected chi connectivity index (χ4v) is 5.41. The zero-order valence-corrected chi connectivity index (χ0v) is 24.9. The SMILES string of the molecule is CCCc1[nH]c2ccc(C(=O)NC3CCN(C(=O)c4cccnc4)CC3)cc2c1CC.CCc1ccc(C(F)(F)F)cc1. The van der Waals surface area contributed by atoms with Crippen molar-refractivity contribution >= 4 is 22.7 Å². The van der Waals surface area contributed by atoms with Gasteiger partial charge in [0.05, 0.1) is 11.1 Å². The number of amides is 2. The van der Waals surface area contributed by atoms with Crippen LogP contribution in [0, 0.1) is 0 Å². The normalized spacial score (nSPS) is 13.9. The minimum absolute atomic E-state index is 0.00534. The summed E-state index contributed by atoms with van der Waals surface area (Å²) in [5.41, 5.74) is 5.33. The number of aromatic nitrogens is 2. The molecule has 2 N–H and O–H groups in total. The fraction of sp³-hybridized carbons (Fsp3) is 0.382. The highest BCUT2D eigenvalue weighted by molar-refractivity contribution is 5.99. The van der Waals surface area contributed by atoms with Crippen LogP contribution < -0.4 is 5.32 Å². The molecule has 3 heterocycles. The number of alkyl halides is 3. The van der Waals surface area contributed by atoms with Gasteiger partial charge >= 0.3 is 6.18 Å². The number of fused-ring (bicyclic) bond motifs is 1. The maximum absolute atomic E-state index is 12.9. The predicted octanol–water partition coefficient (Wildman–Crippen LogP) is 7.38. The van der Waals surface area contributed by atoms with E-state index in [4.69, 9.17) is 0 Å². The number of likely N-dealkylation sites (tertiary alicyclic amines) is 1. The number of hydrogen-bond acceptors (Lipinski definition) is 3. The number of nitrogens with one attached hydrogen (secondary N) is 2. The Kier molecular flexibility index (Phi) is 10.6. The van der Waals surface area contributed by atoms with Crippen LogP contribution in [0.2, 0.25) is 0 Å². The minimum Gasteiger partial charge on any atom is -0.358 e. The number of pyridine rings is 1. The van der Waals surface area contributed by atoms with Gasteiger partial charge in [0.25, 0.3) is 11.8 Å². The van der Waals surface area contributed by atoms with E-state index in [9.17, 15) is 22.8 Å². The van der Waals surface area contributed by atoms with Gasteiger partial charge in [-0.15, -0.1) is 0 Å². The number of aromatic amines is 1. The summed E-state index contributed by atoms with van der Waals surface area (Å²) in [5, 5.41) is 4.32. The van der Waals surface area contributed by atoms with E-state index in [2.05, 4.69) is 29.1 Å². The van der Waals surface area contributed by atoms with E-state index in [1.807, 2.05) is 30.0 Å². The van der Waals surface area contributed by atoms with Crippen LogP contribution in [0.25, 0.3) is 10.9 Å². The number of rotatable bonds is 7. The Morgan fingerprint density at radius 1 is 0.977 bits per heavy atom. The van der Waals surface area contributed by atoms with Gasteiger partial charge in [0.2, 0.25) is 0 Å². The molecule has 1 fully saturated rings. The maximum Gasteiger partial charge on any atom is 0.416 e. The first kappa shape index (κ1) is 31.8. The fourth-order valence-electron chi connectivity index (χ4n) is 5.41. The summed E-state index contributed by atoms with van der Waals surface area (Å²) in [5.74, 6) is -0.0370. The summed E-state index contributed by atoms with van der Waals surface area (Å²) in [6.07, 6.45) is 4.39. The Labute approximate surface area is 250 Å². The van der Waals surface area contributed by atoms with Crippen molar-refractivity contribution in [3.8, 4) is 0 Å². The minimum atomic E-state index is -4.22. The quantitative estimate of drug-likeness (QED) is 0.235. The summed E-state index contributed by atoms with van der Waals surface area (Å²) >= 11 is 0. The lowest BCUT2D eigenvalue weighted by Gasteiger charge is -2.32. The van der Waals surface area contributed by atoms with Crippen molar-refractivity contribution in [1.82, 2.24) is 20.2 Å². The molecule has 9 heteroatoms. The first-order chi connectivity index (χ1) is 20.6. The average molecular weight is 593 g/mol. The number of carbonyl (C=O) groups is 2. The second-order valence-corrected chi connectivity index (χ2v) is 10.8. The molecule has 0 aliphatic carbocycles. The molecule has 1 saturated heterocycles. The third-order valence-electron chi connectivity index (χ3n) is 7.83. The molecule has 0 radical (unpaired) electrons. The van der Waals surface area contributed by atoms with Gasteiger partial charge in [-0.25, -0.2) is 0 Å². The third kappa shape index (κ3) is 8.03. The van der Waals surface area contributed by atoms with Crippen molar-refractivity contribution in [2.24, 2.45) is 0 Å². The van der Waals surface area contributed by atoms with Crippen molar-refractivity contribution in [2.45, 2.75) is 71.5 Å². The third-order valence-corrected chi connectivity index (χ3v) is 7.83. The van der Waals surface area contributed by atoms with Gasteiger partial charge in [-0.1, -0.05) is 39.3 Å². The number of hydrogen-bond donors (Lipinski definition) is 2. The highest BCUT2D eigenvalue weighted by Crippen LogP contribution is 2.29. The van der Waals surface area contributed by atoms with Crippen LogP contribution in [-0.4, -0.2) is 45.8 Å². The van der Waals surface area contributed by atoms with Gasteiger partial charge in [-0.2, -0.15) is 13.2 Å². The lowest BCUT2D eigenvalue weighted by atomic mass is 10.0. The van der Waals surface area contributed by atoms with E-state index in [-0.39, 0.29) is 17.9 Å². The largest absolute Gasteiger partial charge is 0.416 e. The van der Waals surface area contributed by atoms with Crippen molar-refractivity contribution in [3.05, 3.63) is 101 Å². The molecule has 1 aliphatic rings. The Balaban J connectivity index is 0.000000296. The lowest BCUT2D eigenvalue weighted by molar-refractivity contribution is -0.137. The summed E-state index contributed by atoms with van der Waals surface area (Å²) in [6, 6.07) is 14.8. The van der Waals surface area contributed by atoms with E-state index < -0.39 is 11.7 Å². The summed E-state index contributed by atoms with van der Waals surface area (Å²) in [4.78, 5) is 34.9. The van der Waals surface area contributed by atoms with Crippen molar-refractivity contribution < 1.29 is 22.8 Å². The Morgan fingerprint density at radius 3 is 2.28 bits per heavy atom. The van der Waals surface area contributed by atoms with Crippen LogP contribution in [-0.2, 0) is 25.4 Å². The summed E-state index contributed by atoms with van der Waals surface area (Å²) in [7, 11) is 0. The predicted molar refractivity (Wildman–Crippen MR) is 163 cm³/mol. The first-order valence-corrected chi connectivity index (χ1v) is 14.9. The molecule has 0 atom stereocenters. The molecular formula is C34H39F3N4O2. The number of nitrogens with zero attached hydrogens (tertiary/aromatic N) is 2. The van der Waals surface area contributed by atoms with Gasteiger partial charge in [0.1, 0.15) is 0 Å².